The molecule has 0 aliphatic heterocycles. The lowest BCUT2D eigenvalue weighted by molar-refractivity contribution is -0.152. The maximum Gasteiger partial charge on any atom is 0.332 e. The zero-order valence-corrected chi connectivity index (χ0v) is 21.4. The molecule has 2 N–H and O–H groups in total. The SMILES string of the molecule is C=C1CC[C@H](OC(=O)CO)C/C1=C/C=C1CCC[C@@]2(C)C1CC[C@@H]2[C@H](C)CCCC(C)(C)O. The van der Waals surface area contributed by atoms with Crippen LogP contribution in [-0.4, -0.2) is 34.5 Å². The van der Waals surface area contributed by atoms with Gasteiger partial charge in [-0.25, -0.2) is 4.79 Å². The molecule has 0 aromatic rings. The van der Waals surface area contributed by atoms with Crippen LogP contribution in [0.1, 0.15) is 98.3 Å². The molecule has 0 spiro atoms. The molecule has 4 nitrogen and oxygen atoms in total. The fourth-order valence-electron chi connectivity index (χ4n) is 6.98. The molecule has 3 rings (SSSR count). The summed E-state index contributed by atoms with van der Waals surface area (Å²) in [6, 6.07) is 0. The molecule has 3 aliphatic carbocycles. The van der Waals surface area contributed by atoms with Crippen molar-refractivity contribution in [2.24, 2.45) is 23.2 Å². The van der Waals surface area contributed by atoms with Gasteiger partial charge in [-0.15, -0.1) is 0 Å². The summed E-state index contributed by atoms with van der Waals surface area (Å²) in [5.74, 6) is 1.57. The lowest BCUT2D eigenvalue weighted by Gasteiger charge is -2.44. The Bertz CT molecular complexity index is 771. The monoisotopic (exact) mass is 458 g/mol. The number of hydrogen-bond acceptors (Lipinski definition) is 4. The minimum absolute atomic E-state index is 0.156. The molecule has 3 saturated carbocycles. The third-order valence-electron chi connectivity index (χ3n) is 8.77. The average Bonchev–Trinajstić information content (AvgIpc) is 3.10. The van der Waals surface area contributed by atoms with Gasteiger partial charge in [-0.3, -0.25) is 0 Å². The van der Waals surface area contributed by atoms with E-state index in [0.29, 0.717) is 23.7 Å². The molecule has 4 heteroatoms. The Morgan fingerprint density at radius 1 is 1.27 bits per heavy atom. The van der Waals surface area contributed by atoms with Crippen LogP contribution in [0.5, 0.6) is 0 Å². The first-order chi connectivity index (χ1) is 15.5. The number of aliphatic hydroxyl groups is 2. The number of ether oxygens (including phenoxy) is 1. The van der Waals surface area contributed by atoms with Gasteiger partial charge >= 0.3 is 5.97 Å². The number of allylic oxidation sites excluding steroid dienone is 4. The van der Waals surface area contributed by atoms with E-state index in [0.717, 1.165) is 37.2 Å². The molecule has 33 heavy (non-hydrogen) atoms. The average molecular weight is 459 g/mol. The van der Waals surface area contributed by atoms with Gasteiger partial charge < -0.3 is 14.9 Å². The van der Waals surface area contributed by atoms with Crippen LogP contribution in [0.25, 0.3) is 0 Å². The minimum atomic E-state index is -0.561. The molecule has 5 atom stereocenters. The highest BCUT2D eigenvalue weighted by atomic mass is 16.6. The van der Waals surface area contributed by atoms with Crippen molar-refractivity contribution in [1.82, 2.24) is 0 Å². The highest BCUT2D eigenvalue weighted by Crippen LogP contribution is 2.60. The van der Waals surface area contributed by atoms with Gasteiger partial charge in [-0.1, -0.05) is 56.6 Å². The van der Waals surface area contributed by atoms with E-state index in [2.05, 4.69) is 32.6 Å². The summed E-state index contributed by atoms with van der Waals surface area (Å²) >= 11 is 0. The van der Waals surface area contributed by atoms with Crippen molar-refractivity contribution in [2.45, 2.75) is 110 Å². The van der Waals surface area contributed by atoms with Crippen molar-refractivity contribution in [3.8, 4) is 0 Å². The van der Waals surface area contributed by atoms with E-state index in [1.807, 2.05) is 13.8 Å². The van der Waals surface area contributed by atoms with Crippen molar-refractivity contribution >= 4 is 5.97 Å². The Labute approximate surface area is 201 Å². The van der Waals surface area contributed by atoms with Gasteiger partial charge in [0.2, 0.25) is 0 Å². The first-order valence-electron chi connectivity index (χ1n) is 13.1. The largest absolute Gasteiger partial charge is 0.460 e. The van der Waals surface area contributed by atoms with Crippen LogP contribution in [0.4, 0.5) is 0 Å². The van der Waals surface area contributed by atoms with Crippen LogP contribution in [0.3, 0.4) is 0 Å². The molecular weight excluding hydrogens is 412 g/mol. The van der Waals surface area contributed by atoms with Crippen LogP contribution in [0.2, 0.25) is 0 Å². The van der Waals surface area contributed by atoms with E-state index >= 15 is 0 Å². The van der Waals surface area contributed by atoms with Crippen molar-refractivity contribution in [1.29, 1.82) is 0 Å². The highest BCUT2D eigenvalue weighted by Gasteiger charge is 2.50. The van der Waals surface area contributed by atoms with Crippen molar-refractivity contribution in [2.75, 3.05) is 6.61 Å². The van der Waals surface area contributed by atoms with E-state index < -0.39 is 18.2 Å². The van der Waals surface area contributed by atoms with Gasteiger partial charge in [-0.2, -0.15) is 0 Å². The smallest absolute Gasteiger partial charge is 0.332 e. The predicted molar refractivity (Wildman–Crippen MR) is 134 cm³/mol. The number of rotatable bonds is 8. The topological polar surface area (TPSA) is 66.8 Å². The van der Waals surface area contributed by atoms with Crippen molar-refractivity contribution < 1.29 is 19.7 Å². The Morgan fingerprint density at radius 3 is 2.73 bits per heavy atom. The molecule has 0 radical (unpaired) electrons. The van der Waals surface area contributed by atoms with Crippen molar-refractivity contribution in [3.05, 3.63) is 35.5 Å². The molecule has 0 aromatic carbocycles. The number of fused-ring (bicyclic) bond motifs is 1. The van der Waals surface area contributed by atoms with Gasteiger partial charge in [0, 0.05) is 6.42 Å². The van der Waals surface area contributed by atoms with E-state index in [1.165, 1.54) is 44.1 Å². The number of carbonyl (C=O) groups excluding carboxylic acids is 1. The second kappa shape index (κ2) is 10.9. The second-order valence-electron chi connectivity index (χ2n) is 11.8. The van der Waals surface area contributed by atoms with E-state index in [9.17, 15) is 9.90 Å². The highest BCUT2D eigenvalue weighted by molar-refractivity contribution is 5.70. The van der Waals surface area contributed by atoms with E-state index in [-0.39, 0.29) is 6.10 Å². The molecule has 3 fully saturated rings. The summed E-state index contributed by atoms with van der Waals surface area (Å²) in [7, 11) is 0. The molecular formula is C29H46O4. The van der Waals surface area contributed by atoms with Crippen LogP contribution in [0, 0.1) is 23.2 Å². The Kier molecular flexibility index (Phi) is 8.66. The molecule has 1 unspecified atom stereocenters. The second-order valence-corrected chi connectivity index (χ2v) is 11.8. The van der Waals surface area contributed by atoms with Gasteiger partial charge in [-0.05, 0) is 94.0 Å². The number of carbonyl (C=O) groups is 1. The minimum Gasteiger partial charge on any atom is -0.460 e. The van der Waals surface area contributed by atoms with Gasteiger partial charge in [0.1, 0.15) is 12.7 Å². The van der Waals surface area contributed by atoms with Crippen LogP contribution in [0.15, 0.2) is 35.5 Å². The van der Waals surface area contributed by atoms with Gasteiger partial charge in [0.15, 0.2) is 0 Å². The Hall–Kier alpha value is -1.39. The normalized spacial score (nSPS) is 33.9. The molecule has 3 aliphatic rings. The molecule has 0 amide bonds. The van der Waals surface area contributed by atoms with Gasteiger partial charge in [0.25, 0.3) is 0 Å². The summed E-state index contributed by atoms with van der Waals surface area (Å²) in [5.41, 5.74) is 3.73. The van der Waals surface area contributed by atoms with Crippen LogP contribution in [-0.2, 0) is 9.53 Å². The Balaban J connectivity index is 1.67. The van der Waals surface area contributed by atoms with Crippen LogP contribution < -0.4 is 0 Å². The van der Waals surface area contributed by atoms with E-state index in [1.54, 1.807) is 5.57 Å². The molecule has 186 valence electrons. The first kappa shape index (κ1) is 26.2. The lowest BCUT2D eigenvalue weighted by Crippen LogP contribution is -2.36. The predicted octanol–water partition coefficient (Wildman–Crippen LogP) is 6.28. The molecule has 0 bridgehead atoms. The number of hydrogen-bond donors (Lipinski definition) is 2. The van der Waals surface area contributed by atoms with E-state index in [4.69, 9.17) is 9.84 Å². The number of esters is 1. The summed E-state index contributed by atoms with van der Waals surface area (Å²) in [6.45, 7) is 12.5. The lowest BCUT2D eigenvalue weighted by atomic mass is 9.60. The standard InChI is InChI=1S/C29H46O4/c1-20-10-13-24(33-27(31)19-30)18-23(20)12-11-22-9-7-17-29(5)25(14-15-26(22)29)21(2)8-6-16-28(3,4)32/h11-12,21,24-26,30,32H,1,6-10,13-19H2,2-5H3/b22-11?,23-12-/t21-,24+,25-,26?,29-/m1/s1. The molecule has 0 heterocycles. The van der Waals surface area contributed by atoms with Crippen molar-refractivity contribution in [3.63, 3.8) is 0 Å². The first-order valence-corrected chi connectivity index (χ1v) is 13.1. The summed E-state index contributed by atoms with van der Waals surface area (Å²) in [6.07, 6.45) is 16.3. The summed E-state index contributed by atoms with van der Waals surface area (Å²) in [5, 5.41) is 19.1. The maximum absolute atomic E-state index is 11.5. The maximum atomic E-state index is 11.5. The van der Waals surface area contributed by atoms with Gasteiger partial charge in [0.05, 0.1) is 5.60 Å². The third-order valence-corrected chi connectivity index (χ3v) is 8.77. The zero-order chi connectivity index (χ0) is 24.2. The van der Waals surface area contributed by atoms with Crippen LogP contribution >= 0.6 is 0 Å². The molecule has 0 aromatic heterocycles. The summed E-state index contributed by atoms with van der Waals surface area (Å²) in [4.78, 5) is 11.5. The Morgan fingerprint density at radius 2 is 2.03 bits per heavy atom. The quantitative estimate of drug-likeness (QED) is 0.420. The fraction of sp³-hybridized carbons (Fsp3) is 0.759. The summed E-state index contributed by atoms with van der Waals surface area (Å²) < 4.78 is 5.38. The zero-order valence-electron chi connectivity index (χ0n) is 21.4. The third kappa shape index (κ3) is 6.60. The number of aliphatic hydroxyl groups excluding tert-OH is 1. The molecule has 0 saturated heterocycles. The fourth-order valence-corrected chi connectivity index (χ4v) is 6.98.